The molecule has 0 N–H and O–H groups in total. The second-order valence-electron chi connectivity index (χ2n) is 11.9. The van der Waals surface area contributed by atoms with E-state index in [4.69, 9.17) is 4.74 Å². The van der Waals surface area contributed by atoms with Crippen molar-refractivity contribution in [3.8, 4) is 0 Å². The molecule has 1 nitrogen and oxygen atoms in total. The van der Waals surface area contributed by atoms with Gasteiger partial charge in [0.15, 0.2) is 0 Å². The van der Waals surface area contributed by atoms with Gasteiger partial charge in [0, 0.05) is 0 Å². The molecule has 1 heteroatoms. The first-order chi connectivity index (χ1) is 12.9. The van der Waals surface area contributed by atoms with Crippen LogP contribution in [0, 0.1) is 40.4 Å². The molecule has 1 saturated heterocycles. The van der Waals surface area contributed by atoms with Crippen LogP contribution in [0.5, 0.6) is 0 Å². The minimum atomic E-state index is 0.543. The molecule has 0 bridgehead atoms. The average Bonchev–Trinajstić information content (AvgIpc) is 3.16. The van der Waals surface area contributed by atoms with E-state index in [0.29, 0.717) is 23.0 Å². The molecule has 0 aromatic rings. The molecule has 8 atom stereocenters. The van der Waals surface area contributed by atoms with Crippen LogP contribution in [-0.2, 0) is 4.74 Å². The second-order valence-corrected chi connectivity index (χ2v) is 11.9. The fourth-order valence-corrected chi connectivity index (χ4v) is 8.65. The smallest absolute Gasteiger partial charge is 0.0616 e. The van der Waals surface area contributed by atoms with E-state index >= 15 is 0 Å². The van der Waals surface area contributed by atoms with Gasteiger partial charge in [-0.1, -0.05) is 45.8 Å². The minimum absolute atomic E-state index is 0.543. The predicted octanol–water partition coefficient (Wildman–Crippen LogP) is 7.16. The van der Waals surface area contributed by atoms with Crippen molar-refractivity contribution in [2.24, 2.45) is 40.4 Å². The van der Waals surface area contributed by atoms with Crippen LogP contribution in [0.25, 0.3) is 0 Å². The van der Waals surface area contributed by atoms with Crippen LogP contribution in [-0.4, -0.2) is 12.2 Å². The maximum absolute atomic E-state index is 6.69. The van der Waals surface area contributed by atoms with Crippen molar-refractivity contribution >= 4 is 0 Å². The van der Waals surface area contributed by atoms with Gasteiger partial charge >= 0.3 is 0 Å². The van der Waals surface area contributed by atoms with Gasteiger partial charge in [0.05, 0.1) is 12.2 Å². The van der Waals surface area contributed by atoms with Crippen LogP contribution >= 0.6 is 0 Å². The Labute approximate surface area is 167 Å². The lowest BCUT2D eigenvalue weighted by molar-refractivity contribution is -0.0433. The summed E-state index contributed by atoms with van der Waals surface area (Å²) in [5.74, 6) is 4.50. The van der Waals surface area contributed by atoms with Crippen molar-refractivity contribution in [2.75, 3.05) is 0 Å². The lowest BCUT2D eigenvalue weighted by atomic mass is 9.47. The van der Waals surface area contributed by atoms with Gasteiger partial charge in [0.2, 0.25) is 0 Å². The largest absolute Gasteiger partial charge is 0.375 e. The minimum Gasteiger partial charge on any atom is -0.375 e. The average molecular weight is 371 g/mol. The molecule has 0 aromatic heterocycles. The van der Waals surface area contributed by atoms with Gasteiger partial charge in [-0.3, -0.25) is 0 Å². The van der Waals surface area contributed by atoms with Crippen LogP contribution in [0.1, 0.15) is 98.3 Å². The van der Waals surface area contributed by atoms with Crippen molar-refractivity contribution in [3.05, 3.63) is 11.6 Å². The molecule has 0 radical (unpaired) electrons. The Balaban J connectivity index is 1.35. The van der Waals surface area contributed by atoms with Gasteiger partial charge < -0.3 is 4.74 Å². The van der Waals surface area contributed by atoms with Crippen molar-refractivity contribution in [3.63, 3.8) is 0 Å². The zero-order chi connectivity index (χ0) is 18.8. The summed E-state index contributed by atoms with van der Waals surface area (Å²) in [7, 11) is 0. The molecule has 152 valence electrons. The Morgan fingerprint density at radius 2 is 1.93 bits per heavy atom. The van der Waals surface area contributed by atoms with Crippen molar-refractivity contribution < 1.29 is 4.74 Å². The van der Waals surface area contributed by atoms with E-state index in [-0.39, 0.29) is 0 Å². The highest BCUT2D eigenvalue weighted by molar-refractivity contribution is 5.25. The number of hydrogen-bond donors (Lipinski definition) is 0. The highest BCUT2D eigenvalue weighted by atomic mass is 16.5. The van der Waals surface area contributed by atoms with E-state index in [1.54, 1.807) is 0 Å². The lowest BCUT2D eigenvalue weighted by Crippen LogP contribution is -2.49. The summed E-state index contributed by atoms with van der Waals surface area (Å²) in [5, 5.41) is 0. The van der Waals surface area contributed by atoms with Crippen LogP contribution in [0.15, 0.2) is 11.6 Å². The zero-order valence-electron chi connectivity index (χ0n) is 18.3. The standard InChI is InChI=1S/C26H42O/c1-17(2)8-10-19-15-23-24(27-19)16-22-20-11-9-18-7-5-6-13-25(18,3)21(20)12-14-26(22,23)4/h9,17,19-24H,5-8,10-16H2,1-4H3/t19-,20-,21?,22?,23+,24+,25+,26?/m0/s1. The molecule has 1 aliphatic heterocycles. The quantitative estimate of drug-likeness (QED) is 0.479. The van der Waals surface area contributed by atoms with Crippen LogP contribution < -0.4 is 0 Å². The van der Waals surface area contributed by atoms with Gasteiger partial charge in [-0.05, 0) is 105 Å². The Morgan fingerprint density at radius 3 is 2.74 bits per heavy atom. The first-order valence-electron chi connectivity index (χ1n) is 12.3. The number of hydrogen-bond acceptors (Lipinski definition) is 1. The molecule has 5 aliphatic rings. The topological polar surface area (TPSA) is 9.23 Å². The number of allylic oxidation sites excluding steroid dienone is 2. The Hall–Kier alpha value is -0.300. The number of ether oxygens (including phenoxy) is 1. The summed E-state index contributed by atoms with van der Waals surface area (Å²) in [4.78, 5) is 0. The molecular weight excluding hydrogens is 328 g/mol. The summed E-state index contributed by atoms with van der Waals surface area (Å²) in [6, 6.07) is 0. The summed E-state index contributed by atoms with van der Waals surface area (Å²) < 4.78 is 6.69. The predicted molar refractivity (Wildman–Crippen MR) is 113 cm³/mol. The molecule has 4 aliphatic carbocycles. The molecule has 0 amide bonds. The van der Waals surface area contributed by atoms with Gasteiger partial charge in [-0.25, -0.2) is 0 Å². The highest BCUT2D eigenvalue weighted by Gasteiger charge is 2.62. The molecule has 3 saturated carbocycles. The monoisotopic (exact) mass is 370 g/mol. The maximum atomic E-state index is 6.69. The molecule has 27 heavy (non-hydrogen) atoms. The molecule has 5 rings (SSSR count). The fourth-order valence-electron chi connectivity index (χ4n) is 8.65. The van der Waals surface area contributed by atoms with Crippen molar-refractivity contribution in [1.29, 1.82) is 0 Å². The number of rotatable bonds is 3. The van der Waals surface area contributed by atoms with Crippen molar-refractivity contribution in [1.82, 2.24) is 0 Å². The zero-order valence-corrected chi connectivity index (χ0v) is 18.3. The van der Waals surface area contributed by atoms with Crippen molar-refractivity contribution in [2.45, 2.75) is 111 Å². The van der Waals surface area contributed by atoms with E-state index in [9.17, 15) is 0 Å². The number of fused-ring (bicyclic) bond motifs is 7. The van der Waals surface area contributed by atoms with Crippen LogP contribution in [0.4, 0.5) is 0 Å². The lowest BCUT2D eigenvalue weighted by Gasteiger charge is -2.57. The second kappa shape index (κ2) is 6.61. The van der Waals surface area contributed by atoms with Crippen LogP contribution in [0.2, 0.25) is 0 Å². The molecule has 3 unspecified atom stereocenters. The van der Waals surface area contributed by atoms with E-state index < -0.39 is 0 Å². The molecule has 0 spiro atoms. The summed E-state index contributed by atoms with van der Waals surface area (Å²) >= 11 is 0. The molecular formula is C26H42O. The van der Waals surface area contributed by atoms with Gasteiger partial charge in [-0.15, -0.1) is 0 Å². The first kappa shape index (κ1) is 18.7. The maximum Gasteiger partial charge on any atom is 0.0616 e. The molecule has 1 heterocycles. The van der Waals surface area contributed by atoms with E-state index in [0.717, 1.165) is 29.6 Å². The first-order valence-corrected chi connectivity index (χ1v) is 12.3. The summed E-state index contributed by atoms with van der Waals surface area (Å²) in [6.07, 6.45) is 19.3. The Bertz CT molecular complexity index is 605. The van der Waals surface area contributed by atoms with Gasteiger partial charge in [-0.2, -0.15) is 0 Å². The van der Waals surface area contributed by atoms with E-state index in [1.165, 1.54) is 70.6 Å². The summed E-state index contributed by atoms with van der Waals surface area (Å²) in [5.41, 5.74) is 2.96. The fraction of sp³-hybridized carbons (Fsp3) is 0.923. The summed E-state index contributed by atoms with van der Waals surface area (Å²) in [6.45, 7) is 10.0. The third-order valence-electron chi connectivity index (χ3n) is 10.2. The van der Waals surface area contributed by atoms with Gasteiger partial charge in [0.25, 0.3) is 0 Å². The van der Waals surface area contributed by atoms with E-state index in [1.807, 2.05) is 5.57 Å². The third-order valence-corrected chi connectivity index (χ3v) is 10.2. The molecule has 4 fully saturated rings. The van der Waals surface area contributed by atoms with Crippen LogP contribution in [0.3, 0.4) is 0 Å². The van der Waals surface area contributed by atoms with Gasteiger partial charge in [0.1, 0.15) is 0 Å². The molecule has 0 aromatic carbocycles. The highest BCUT2D eigenvalue weighted by Crippen LogP contribution is 2.68. The SMILES string of the molecule is CC(C)CC[C@H]1C[C@@H]2[C@@H](CC3[C@H]4CC=C5CCCC[C@@]5(C)C4CCC32C)O1. The Kier molecular flexibility index (Phi) is 4.58. The normalized spacial score (nSPS) is 51.4. The Morgan fingerprint density at radius 1 is 1.07 bits per heavy atom. The van der Waals surface area contributed by atoms with E-state index in [2.05, 4.69) is 33.8 Å². The third kappa shape index (κ3) is 2.81.